The minimum Gasteiger partial charge on any atom is -0.445 e. The molecule has 26 nitrogen and oxygen atoms in total. The monoisotopic (exact) mass is 1590 g/mol. The van der Waals surface area contributed by atoms with E-state index in [0.29, 0.717) is 102 Å². The zero-order valence-electron chi connectivity index (χ0n) is 66.1. The molecule has 0 saturated carbocycles. The Labute approximate surface area is 666 Å². The van der Waals surface area contributed by atoms with Gasteiger partial charge in [0.05, 0.1) is 58.1 Å². The number of guanidine groups is 1. The molecule has 0 aliphatic rings. The van der Waals surface area contributed by atoms with Gasteiger partial charge in [0.25, 0.3) is 0 Å². The summed E-state index contributed by atoms with van der Waals surface area (Å²) in [6.07, 6.45) is 13.6. The molecule has 5 heterocycles. The van der Waals surface area contributed by atoms with Crippen LogP contribution in [0, 0.1) is 11.6 Å². The van der Waals surface area contributed by atoms with Gasteiger partial charge < -0.3 is 61.5 Å². The number of nitrogens with one attached hydrogen (secondary N) is 4. The maximum absolute atomic E-state index is 15.5. The van der Waals surface area contributed by atoms with Gasteiger partial charge in [0.2, 0.25) is 0 Å². The number of halogens is 4. The summed E-state index contributed by atoms with van der Waals surface area (Å²) in [4.78, 5) is 91.1. The lowest BCUT2D eigenvalue weighted by Gasteiger charge is -2.33. The van der Waals surface area contributed by atoms with Gasteiger partial charge in [-0.3, -0.25) is 23.6 Å². The summed E-state index contributed by atoms with van der Waals surface area (Å²) in [5, 5.41) is 7.58. The average molecular weight is 1590 g/mol. The van der Waals surface area contributed by atoms with Crippen LogP contribution in [-0.4, -0.2) is 144 Å². The van der Waals surface area contributed by atoms with Crippen molar-refractivity contribution in [2.75, 3.05) is 47.1 Å². The maximum atomic E-state index is 15.5. The zero-order valence-corrected chi connectivity index (χ0v) is 67.6. The highest BCUT2D eigenvalue weighted by atomic mass is 35.5. The molecule has 604 valence electrons. The van der Waals surface area contributed by atoms with Crippen molar-refractivity contribution in [1.29, 1.82) is 0 Å². The molecule has 30 heteroatoms. The lowest BCUT2D eigenvalue weighted by molar-refractivity contribution is 0.00495. The third kappa shape index (κ3) is 26.8. The Kier molecular flexibility index (Phi) is 32.5. The number of imidazole rings is 1. The number of methoxy groups -OCH3 is 2. The number of rotatable bonds is 30. The molecule has 0 aliphatic heterocycles. The van der Waals surface area contributed by atoms with Crippen molar-refractivity contribution in [1.82, 2.24) is 54.2 Å². The van der Waals surface area contributed by atoms with Gasteiger partial charge in [-0.05, 0) is 209 Å². The predicted molar refractivity (Wildman–Crippen MR) is 440 cm³/mol. The SMILES string of the molecule is CC(=NC(=O)OC(C)(C)C)n1ccnc1.CCCCN(C(=O)OC(C)(C)C)[C@H](COC)c1ccc(-n2cc3cc(-c4cc(CCC[C@H](C)NC(=O)OCc5ccccc5)cc(Cl)c4F)[nH]c3nc2=O)cc1.COC[C@@H](NCCCN=C(N)N)c1ccc(-n2cc3cc(-c4cc(CCC[C@H](C)N)cc(Cl)c4F)[nH]c3nc2=O)cc1. The highest BCUT2D eigenvalue weighted by molar-refractivity contribution is 6.31. The van der Waals surface area contributed by atoms with Crippen molar-refractivity contribution in [3.63, 3.8) is 0 Å². The fourth-order valence-electron chi connectivity index (χ4n) is 12.1. The van der Waals surface area contributed by atoms with E-state index in [4.69, 9.17) is 64.1 Å². The quantitative estimate of drug-likeness (QED) is 0.00951. The Morgan fingerprint density at radius 1 is 0.690 bits per heavy atom. The number of ether oxygens (including phenoxy) is 5. The highest BCUT2D eigenvalue weighted by Gasteiger charge is 2.30. The molecular weight excluding hydrogens is 1490 g/mol. The van der Waals surface area contributed by atoms with Crippen LogP contribution in [0.25, 0.3) is 56.0 Å². The van der Waals surface area contributed by atoms with Crippen molar-refractivity contribution in [3.8, 4) is 33.9 Å². The number of nitrogens with zero attached hydrogens (tertiary/aromatic N) is 9. The number of aromatic nitrogens is 8. The van der Waals surface area contributed by atoms with Gasteiger partial charge in [0.1, 0.15) is 41.3 Å². The fraction of sp³-hybridized carbons (Fsp3) is 0.398. The number of benzene rings is 5. The first-order chi connectivity index (χ1) is 53.8. The zero-order chi connectivity index (χ0) is 82.1. The number of H-pyrrole nitrogens is 2. The molecule has 0 bridgehead atoms. The number of hydrogen-bond acceptors (Lipinski definition) is 16. The van der Waals surface area contributed by atoms with Crippen LogP contribution in [0.1, 0.15) is 154 Å². The van der Waals surface area contributed by atoms with Crippen LogP contribution < -0.4 is 39.2 Å². The number of carbonyl (C=O) groups excluding carboxylic acids is 3. The second kappa shape index (κ2) is 41.8. The van der Waals surface area contributed by atoms with Crippen molar-refractivity contribution < 1.29 is 46.8 Å². The summed E-state index contributed by atoms with van der Waals surface area (Å²) >= 11 is 12.6. The molecule has 5 aromatic carbocycles. The number of aryl methyl sites for hydroxylation is 2. The first-order valence-corrected chi connectivity index (χ1v) is 38.2. The second-order valence-electron chi connectivity index (χ2n) is 29.4. The summed E-state index contributed by atoms with van der Waals surface area (Å²) in [7, 11) is 3.23. The molecule has 0 radical (unpaired) electrons. The first kappa shape index (κ1) is 88.0. The minimum absolute atomic E-state index is 0.0221. The first-order valence-electron chi connectivity index (χ1n) is 37.5. The van der Waals surface area contributed by atoms with Gasteiger partial charge in [0.15, 0.2) is 17.6 Å². The van der Waals surface area contributed by atoms with Crippen molar-refractivity contribution in [2.45, 2.75) is 169 Å². The van der Waals surface area contributed by atoms with Crippen molar-refractivity contribution in [3.05, 3.63) is 217 Å². The normalized spacial score (nSPS) is 12.7. The third-order valence-corrected chi connectivity index (χ3v) is 18.2. The molecule has 5 aromatic heterocycles. The molecule has 4 atom stereocenters. The molecule has 0 unspecified atom stereocenters. The average Bonchev–Trinajstić information content (AvgIpc) is 1.61. The van der Waals surface area contributed by atoms with E-state index in [1.54, 1.807) is 131 Å². The number of alkyl carbamates (subject to hydrolysis) is 1. The number of aliphatic imine (C=N–C) groups is 2. The number of aromatic amines is 2. The van der Waals surface area contributed by atoms with Crippen LogP contribution in [0.5, 0.6) is 0 Å². The van der Waals surface area contributed by atoms with E-state index in [1.165, 1.54) is 9.13 Å². The van der Waals surface area contributed by atoms with Gasteiger partial charge in [-0.15, -0.1) is 0 Å². The molecule has 3 amide bonds. The van der Waals surface area contributed by atoms with E-state index < -0.39 is 58.5 Å². The Morgan fingerprint density at radius 3 is 1.73 bits per heavy atom. The van der Waals surface area contributed by atoms with Crippen LogP contribution in [0.3, 0.4) is 0 Å². The predicted octanol–water partition coefficient (Wildman–Crippen LogP) is 15.4. The number of fused-ring (bicyclic) bond motifs is 2. The summed E-state index contributed by atoms with van der Waals surface area (Å²) in [5.74, 6) is -0.511. The molecular formula is C83H104Cl2F2N16O10. The summed E-state index contributed by atoms with van der Waals surface area (Å²) < 4.78 is 62.1. The molecule has 10 rings (SSSR count). The van der Waals surface area contributed by atoms with Crippen molar-refractivity contribution in [2.24, 2.45) is 27.2 Å². The topological polar surface area (TPSA) is 347 Å². The number of hydrogen-bond donors (Lipinski definition) is 7. The second-order valence-corrected chi connectivity index (χ2v) is 30.2. The van der Waals surface area contributed by atoms with Crippen molar-refractivity contribution >= 4 is 75.3 Å². The molecule has 10 N–H and O–H groups in total. The number of carbonyl (C=O) groups is 3. The third-order valence-electron chi connectivity index (χ3n) is 17.7. The number of amides is 3. The van der Waals surface area contributed by atoms with Crippen LogP contribution >= 0.6 is 23.2 Å². The van der Waals surface area contributed by atoms with E-state index in [9.17, 15) is 24.0 Å². The van der Waals surface area contributed by atoms with Crippen LogP contribution in [0.15, 0.2) is 166 Å². The minimum atomic E-state index is -0.658. The number of nitrogens with two attached hydrogens (primary N) is 3. The van der Waals surface area contributed by atoms with Crippen LogP contribution in [0.2, 0.25) is 10.0 Å². The maximum Gasteiger partial charge on any atom is 0.435 e. The van der Waals surface area contributed by atoms with Gasteiger partial charge >= 0.3 is 29.7 Å². The largest absolute Gasteiger partial charge is 0.445 e. The van der Waals surface area contributed by atoms with E-state index in [-0.39, 0.29) is 52.9 Å². The van der Waals surface area contributed by atoms with E-state index in [2.05, 4.69) is 52.5 Å². The van der Waals surface area contributed by atoms with Crippen LogP contribution in [-0.2, 0) is 43.1 Å². The van der Waals surface area contributed by atoms with Gasteiger partial charge in [-0.1, -0.05) is 91.1 Å². The molecule has 0 saturated heterocycles. The lowest BCUT2D eigenvalue weighted by Crippen LogP contribution is -2.41. The molecule has 0 fully saturated rings. The van der Waals surface area contributed by atoms with Gasteiger partial charge in [0, 0.05) is 86.1 Å². The van der Waals surface area contributed by atoms with E-state index >= 15 is 8.78 Å². The Balaban J connectivity index is 0.000000245. The fourth-order valence-corrected chi connectivity index (χ4v) is 12.6. The summed E-state index contributed by atoms with van der Waals surface area (Å²) in [6.45, 7) is 21.2. The summed E-state index contributed by atoms with van der Waals surface area (Å²) in [5.41, 5.74) is 22.3. The molecule has 10 aromatic rings. The Morgan fingerprint density at radius 2 is 1.23 bits per heavy atom. The van der Waals surface area contributed by atoms with Gasteiger partial charge in [-0.2, -0.15) is 15.0 Å². The Hall–Kier alpha value is -10.6. The van der Waals surface area contributed by atoms with E-state index in [0.717, 1.165) is 66.3 Å². The molecule has 0 aliphatic carbocycles. The smallest absolute Gasteiger partial charge is 0.435 e. The molecule has 113 heavy (non-hydrogen) atoms. The summed E-state index contributed by atoms with van der Waals surface area (Å²) in [6, 6.07) is 34.1. The Bertz CT molecular complexity index is 4960. The van der Waals surface area contributed by atoms with Crippen LogP contribution in [0.4, 0.5) is 23.2 Å². The standard InChI is InChI=1S/C43H51ClFN5O6.C30H38ClFN8O2.C10H15N3O2/c1-7-8-21-49(42(53)56-43(3,4)5)37(27-54-6)31-17-19-33(20-18-31)50-25-32-24-36(47-39(32)48-40(50)51)34-22-30(23-35(44)38(34)45)16-12-13-28(2)46-41(52)55-26-29-14-10-9-11-15-29;1-18(33)5-3-6-19-13-23(27(32)24(31)14-19)25-15-21-16-40(30(41)39-28(21)38-25)22-9-7-20(8-10-22)26(17-42-2)36-11-4-12-37-29(34)35;1-8(13-6-5-11-7-13)12-9(14)15-10(2,3)4/h9-11,14-15,17-20,22-25,28,37H,7-8,12-13,16,21,26-27H2,1-6H3,(H,46,52)(H,47,48,51);7-10,13-16,18,26,36H,3-6,11-12,17,33H2,1-2H3,(H4,34,35,37)(H,38,39,41);5-7H,1-4H3/t28-,37+;18-,26+;/m00./s1. The lowest BCUT2D eigenvalue weighted by atomic mass is 10.0. The van der Waals surface area contributed by atoms with E-state index in [1.807, 2.05) is 101 Å². The molecule has 0 spiro atoms. The van der Waals surface area contributed by atoms with Gasteiger partial charge in [-0.25, -0.2) is 37.7 Å². The highest BCUT2D eigenvalue weighted by Crippen LogP contribution is 2.34. The number of unbranched alkanes of at least 4 members (excludes halogenated alkanes) is 1.